The van der Waals surface area contributed by atoms with Crippen LogP contribution in [0.5, 0.6) is 0 Å². The molecule has 1 N–H and O–H groups in total. The average Bonchev–Trinajstić information content (AvgIpc) is 2.83. The number of aromatic nitrogens is 1. The van der Waals surface area contributed by atoms with Crippen LogP contribution in [0.3, 0.4) is 0 Å². The van der Waals surface area contributed by atoms with Crippen LogP contribution in [0.1, 0.15) is 12.6 Å². The van der Waals surface area contributed by atoms with Gasteiger partial charge in [-0.1, -0.05) is 0 Å². The monoisotopic (exact) mass is 264 g/mol. The van der Waals surface area contributed by atoms with E-state index in [0.29, 0.717) is 20.8 Å². The molecule has 1 aromatic carbocycles. The standard InChI is InChI=1S/C12H12N2Se/c1-8-6-9(7-13-8)12-10-4-2-3-5-11(10)15-14-12/h2-6,8,13H,7H2,1H3/t8-/m0/s1. The predicted octanol–water partition coefficient (Wildman–Crippen LogP) is 1.67. The number of nitrogens with one attached hydrogen (secondary N) is 1. The van der Waals surface area contributed by atoms with Gasteiger partial charge in [-0.25, -0.2) is 0 Å². The van der Waals surface area contributed by atoms with Gasteiger partial charge in [-0.15, -0.1) is 0 Å². The minimum atomic E-state index is 0.290. The second kappa shape index (κ2) is 3.60. The van der Waals surface area contributed by atoms with Crippen LogP contribution in [-0.4, -0.2) is 31.3 Å². The van der Waals surface area contributed by atoms with Gasteiger partial charge in [0.25, 0.3) is 0 Å². The van der Waals surface area contributed by atoms with E-state index in [-0.39, 0.29) is 0 Å². The van der Waals surface area contributed by atoms with Gasteiger partial charge in [-0.3, -0.25) is 0 Å². The summed E-state index contributed by atoms with van der Waals surface area (Å²) in [5.74, 6) is 0. The predicted molar refractivity (Wildman–Crippen MR) is 64.1 cm³/mol. The summed E-state index contributed by atoms with van der Waals surface area (Å²) >= 11 is 0.290. The molecular formula is C12H12N2Se. The maximum atomic E-state index is 4.69. The molecule has 1 aromatic heterocycles. The molecule has 0 bridgehead atoms. The Balaban J connectivity index is 2.15. The van der Waals surface area contributed by atoms with Crippen LogP contribution in [-0.2, 0) is 0 Å². The van der Waals surface area contributed by atoms with Crippen LogP contribution in [0.4, 0.5) is 0 Å². The molecule has 3 rings (SSSR count). The fraction of sp³-hybridized carbons (Fsp3) is 0.250. The Hall–Kier alpha value is -0.891. The van der Waals surface area contributed by atoms with E-state index in [4.69, 9.17) is 3.98 Å². The Morgan fingerprint density at radius 3 is 3.07 bits per heavy atom. The van der Waals surface area contributed by atoms with E-state index in [0.717, 1.165) is 6.54 Å². The Bertz CT molecular complexity index is 527. The Morgan fingerprint density at radius 2 is 2.27 bits per heavy atom. The van der Waals surface area contributed by atoms with Crippen molar-refractivity contribution >= 4 is 30.0 Å². The first-order chi connectivity index (χ1) is 7.34. The number of nitrogens with zero attached hydrogens (tertiary/aromatic N) is 1. The fourth-order valence-corrected chi connectivity index (χ4v) is 3.67. The Morgan fingerprint density at radius 1 is 1.40 bits per heavy atom. The van der Waals surface area contributed by atoms with Gasteiger partial charge in [0.15, 0.2) is 0 Å². The van der Waals surface area contributed by atoms with Crippen molar-refractivity contribution in [1.82, 2.24) is 9.30 Å². The van der Waals surface area contributed by atoms with E-state index in [2.05, 4.69) is 42.6 Å². The fourth-order valence-electron chi connectivity index (χ4n) is 1.97. The van der Waals surface area contributed by atoms with Crippen molar-refractivity contribution in [3.63, 3.8) is 0 Å². The summed E-state index contributed by atoms with van der Waals surface area (Å²) in [5, 5.41) is 4.76. The van der Waals surface area contributed by atoms with E-state index in [1.807, 2.05) is 0 Å². The molecule has 0 spiro atoms. The van der Waals surface area contributed by atoms with E-state index < -0.39 is 0 Å². The summed E-state index contributed by atoms with van der Waals surface area (Å²) in [7, 11) is 0. The maximum absolute atomic E-state index is 4.69. The second-order valence-corrected chi connectivity index (χ2v) is 5.58. The summed E-state index contributed by atoms with van der Waals surface area (Å²) in [6.45, 7) is 3.14. The normalized spacial score (nSPS) is 20.9. The molecule has 3 heteroatoms. The molecule has 1 atom stereocenters. The molecule has 1 aliphatic rings. The molecule has 0 saturated heterocycles. The summed E-state index contributed by atoms with van der Waals surface area (Å²) in [6, 6.07) is 9.07. The van der Waals surface area contributed by atoms with Gasteiger partial charge in [0.1, 0.15) is 0 Å². The first kappa shape index (κ1) is 9.34. The molecule has 0 fully saturated rings. The number of benzene rings is 1. The quantitative estimate of drug-likeness (QED) is 0.792. The molecule has 0 radical (unpaired) electrons. The molecule has 2 nitrogen and oxygen atoms in total. The van der Waals surface area contributed by atoms with Crippen LogP contribution >= 0.6 is 0 Å². The second-order valence-electron chi connectivity index (χ2n) is 3.89. The zero-order valence-electron chi connectivity index (χ0n) is 8.53. The van der Waals surface area contributed by atoms with Gasteiger partial charge in [0, 0.05) is 0 Å². The molecule has 0 saturated carbocycles. The Labute approximate surface area is 95.0 Å². The molecular weight excluding hydrogens is 251 g/mol. The molecule has 76 valence electrons. The third-order valence-electron chi connectivity index (χ3n) is 2.75. The minimum absolute atomic E-state index is 0.290. The van der Waals surface area contributed by atoms with E-state index in [1.54, 1.807) is 0 Å². The molecule has 1 aliphatic heterocycles. The van der Waals surface area contributed by atoms with Crippen LogP contribution in [0, 0.1) is 0 Å². The van der Waals surface area contributed by atoms with E-state index in [1.165, 1.54) is 20.9 Å². The van der Waals surface area contributed by atoms with Gasteiger partial charge in [-0.2, -0.15) is 0 Å². The van der Waals surface area contributed by atoms with Crippen LogP contribution in [0.25, 0.3) is 15.2 Å². The molecule has 15 heavy (non-hydrogen) atoms. The number of fused-ring (bicyclic) bond motifs is 1. The van der Waals surface area contributed by atoms with Gasteiger partial charge in [0.2, 0.25) is 0 Å². The van der Waals surface area contributed by atoms with E-state index in [9.17, 15) is 0 Å². The van der Waals surface area contributed by atoms with Gasteiger partial charge >= 0.3 is 94.8 Å². The van der Waals surface area contributed by atoms with Crippen LogP contribution in [0.15, 0.2) is 30.3 Å². The summed E-state index contributed by atoms with van der Waals surface area (Å²) in [5.41, 5.74) is 2.59. The van der Waals surface area contributed by atoms with Gasteiger partial charge < -0.3 is 0 Å². The van der Waals surface area contributed by atoms with Crippen molar-refractivity contribution in [3.05, 3.63) is 36.0 Å². The average molecular weight is 263 g/mol. The molecule has 0 unspecified atom stereocenters. The zero-order valence-corrected chi connectivity index (χ0v) is 10.2. The zero-order chi connectivity index (χ0) is 10.3. The van der Waals surface area contributed by atoms with Crippen molar-refractivity contribution in [2.24, 2.45) is 0 Å². The SMILES string of the molecule is C[C@H]1C=C(c2n[se]c3ccccc23)CN1. The number of hydrogen-bond acceptors (Lipinski definition) is 2. The summed E-state index contributed by atoms with van der Waals surface area (Å²) < 4.78 is 6.11. The van der Waals surface area contributed by atoms with Crippen molar-refractivity contribution < 1.29 is 0 Å². The van der Waals surface area contributed by atoms with Crippen molar-refractivity contribution in [3.8, 4) is 0 Å². The van der Waals surface area contributed by atoms with Crippen molar-refractivity contribution in [2.75, 3.05) is 6.54 Å². The molecule has 2 aromatic rings. The summed E-state index contributed by atoms with van der Waals surface area (Å²) in [4.78, 5) is 0. The third kappa shape index (κ3) is 1.57. The van der Waals surface area contributed by atoms with Crippen molar-refractivity contribution in [2.45, 2.75) is 13.0 Å². The van der Waals surface area contributed by atoms with Crippen LogP contribution in [0.2, 0.25) is 0 Å². The molecule has 2 heterocycles. The molecule has 0 amide bonds. The van der Waals surface area contributed by atoms with Crippen LogP contribution < -0.4 is 5.32 Å². The van der Waals surface area contributed by atoms with Gasteiger partial charge in [-0.05, 0) is 0 Å². The number of rotatable bonds is 1. The third-order valence-corrected chi connectivity index (χ3v) is 4.48. The Kier molecular flexibility index (Phi) is 2.24. The number of hydrogen-bond donors (Lipinski definition) is 1. The van der Waals surface area contributed by atoms with Gasteiger partial charge in [0.05, 0.1) is 0 Å². The first-order valence-corrected chi connectivity index (χ1v) is 6.76. The van der Waals surface area contributed by atoms with E-state index >= 15 is 0 Å². The van der Waals surface area contributed by atoms with Crippen molar-refractivity contribution in [1.29, 1.82) is 0 Å². The first-order valence-electron chi connectivity index (χ1n) is 5.13. The topological polar surface area (TPSA) is 24.9 Å². The summed E-state index contributed by atoms with van der Waals surface area (Å²) in [6.07, 6.45) is 2.29. The molecule has 0 aliphatic carbocycles.